The SMILES string of the molecule is Cc1cc(C)c(C(=O)Nc2cccc(-c3n[nH]c(C(C)C)n3)c2)c(=O)[nH]1. The first-order valence-electron chi connectivity index (χ1n) is 8.39. The molecule has 0 radical (unpaired) electrons. The average Bonchev–Trinajstić information content (AvgIpc) is 3.04. The van der Waals surface area contributed by atoms with Gasteiger partial charge >= 0.3 is 0 Å². The number of hydrogen-bond donors (Lipinski definition) is 3. The van der Waals surface area contributed by atoms with Gasteiger partial charge in [-0.3, -0.25) is 14.7 Å². The summed E-state index contributed by atoms with van der Waals surface area (Å²) in [5.41, 5.74) is 2.42. The minimum Gasteiger partial charge on any atom is -0.326 e. The normalized spacial score (nSPS) is 11.0. The van der Waals surface area contributed by atoms with Crippen molar-refractivity contribution in [3.8, 4) is 11.4 Å². The number of nitrogens with zero attached hydrogens (tertiary/aromatic N) is 2. The zero-order valence-electron chi connectivity index (χ0n) is 15.2. The molecule has 0 aliphatic rings. The van der Waals surface area contributed by atoms with Crippen LogP contribution >= 0.6 is 0 Å². The summed E-state index contributed by atoms with van der Waals surface area (Å²) >= 11 is 0. The summed E-state index contributed by atoms with van der Waals surface area (Å²) in [6, 6.07) is 8.99. The van der Waals surface area contributed by atoms with E-state index in [0.29, 0.717) is 17.1 Å². The molecule has 3 N–H and O–H groups in total. The maximum atomic E-state index is 12.5. The molecule has 0 fully saturated rings. The number of benzene rings is 1. The van der Waals surface area contributed by atoms with Gasteiger partial charge in [-0.15, -0.1) is 0 Å². The zero-order valence-corrected chi connectivity index (χ0v) is 15.2. The molecule has 3 rings (SSSR count). The van der Waals surface area contributed by atoms with Crippen molar-refractivity contribution in [1.29, 1.82) is 0 Å². The van der Waals surface area contributed by atoms with E-state index in [0.717, 1.165) is 17.1 Å². The first-order valence-corrected chi connectivity index (χ1v) is 8.39. The molecule has 1 aromatic carbocycles. The number of aromatic amines is 2. The fraction of sp³-hybridized carbons (Fsp3) is 0.263. The van der Waals surface area contributed by atoms with Crippen molar-refractivity contribution in [2.24, 2.45) is 0 Å². The van der Waals surface area contributed by atoms with Crippen LogP contribution in [0.1, 0.15) is 47.2 Å². The maximum absolute atomic E-state index is 12.5. The number of hydrogen-bond acceptors (Lipinski definition) is 4. The number of pyridine rings is 1. The number of rotatable bonds is 4. The predicted molar refractivity (Wildman–Crippen MR) is 100 cm³/mol. The second kappa shape index (κ2) is 6.95. The molecule has 0 unspecified atom stereocenters. The third kappa shape index (κ3) is 3.56. The van der Waals surface area contributed by atoms with Crippen molar-refractivity contribution in [2.45, 2.75) is 33.6 Å². The van der Waals surface area contributed by atoms with E-state index in [1.54, 1.807) is 32.0 Å². The molecule has 0 saturated carbocycles. The van der Waals surface area contributed by atoms with Gasteiger partial charge in [-0.2, -0.15) is 5.10 Å². The van der Waals surface area contributed by atoms with E-state index in [1.165, 1.54) is 0 Å². The number of anilines is 1. The third-order valence-corrected chi connectivity index (χ3v) is 4.02. The lowest BCUT2D eigenvalue weighted by atomic mass is 10.1. The van der Waals surface area contributed by atoms with Gasteiger partial charge in [0.05, 0.1) is 0 Å². The molecular weight excluding hydrogens is 330 g/mol. The van der Waals surface area contributed by atoms with E-state index in [-0.39, 0.29) is 11.5 Å². The highest BCUT2D eigenvalue weighted by molar-refractivity contribution is 6.05. The van der Waals surface area contributed by atoms with E-state index < -0.39 is 11.5 Å². The molecule has 26 heavy (non-hydrogen) atoms. The van der Waals surface area contributed by atoms with Crippen molar-refractivity contribution in [3.05, 3.63) is 63.3 Å². The van der Waals surface area contributed by atoms with Gasteiger partial charge in [0.1, 0.15) is 11.4 Å². The van der Waals surface area contributed by atoms with Crippen LogP contribution in [0.3, 0.4) is 0 Å². The number of carbonyl (C=O) groups is 1. The quantitative estimate of drug-likeness (QED) is 0.671. The highest BCUT2D eigenvalue weighted by Gasteiger charge is 2.15. The lowest BCUT2D eigenvalue weighted by Gasteiger charge is -2.08. The molecule has 1 amide bonds. The van der Waals surface area contributed by atoms with Crippen LogP contribution in [0.5, 0.6) is 0 Å². The molecule has 0 bridgehead atoms. The van der Waals surface area contributed by atoms with Crippen LogP contribution in [0.4, 0.5) is 5.69 Å². The van der Waals surface area contributed by atoms with Gasteiger partial charge in [-0.25, -0.2) is 4.98 Å². The van der Waals surface area contributed by atoms with E-state index in [9.17, 15) is 9.59 Å². The topological polar surface area (TPSA) is 104 Å². The zero-order chi connectivity index (χ0) is 18.8. The molecule has 7 nitrogen and oxygen atoms in total. The van der Waals surface area contributed by atoms with Gasteiger partial charge in [-0.05, 0) is 37.6 Å². The average molecular weight is 351 g/mol. The van der Waals surface area contributed by atoms with Crippen molar-refractivity contribution in [3.63, 3.8) is 0 Å². The van der Waals surface area contributed by atoms with Crippen molar-refractivity contribution >= 4 is 11.6 Å². The Labute approximate surface area is 150 Å². The van der Waals surface area contributed by atoms with Crippen LogP contribution < -0.4 is 10.9 Å². The van der Waals surface area contributed by atoms with E-state index in [2.05, 4.69) is 25.5 Å². The number of amides is 1. The van der Waals surface area contributed by atoms with Crippen molar-refractivity contribution in [2.75, 3.05) is 5.32 Å². The summed E-state index contributed by atoms with van der Waals surface area (Å²) in [6.07, 6.45) is 0. The Bertz CT molecular complexity index is 1020. The fourth-order valence-corrected chi connectivity index (χ4v) is 2.73. The van der Waals surface area contributed by atoms with Gasteiger partial charge in [0.15, 0.2) is 5.82 Å². The molecule has 3 aromatic rings. The summed E-state index contributed by atoms with van der Waals surface area (Å²) in [4.78, 5) is 31.8. The number of aryl methyl sites for hydroxylation is 2. The van der Waals surface area contributed by atoms with E-state index in [1.807, 2.05) is 26.0 Å². The summed E-state index contributed by atoms with van der Waals surface area (Å²) in [7, 11) is 0. The Hall–Kier alpha value is -3.22. The van der Waals surface area contributed by atoms with Gasteiger partial charge in [0, 0.05) is 22.9 Å². The summed E-state index contributed by atoms with van der Waals surface area (Å²) in [6.45, 7) is 7.58. The van der Waals surface area contributed by atoms with E-state index >= 15 is 0 Å². The fourth-order valence-electron chi connectivity index (χ4n) is 2.73. The van der Waals surface area contributed by atoms with E-state index in [4.69, 9.17) is 0 Å². The number of nitrogens with one attached hydrogen (secondary N) is 3. The smallest absolute Gasteiger partial charge is 0.261 e. The van der Waals surface area contributed by atoms with Crippen LogP contribution in [0.2, 0.25) is 0 Å². The van der Waals surface area contributed by atoms with Crippen LogP contribution in [0, 0.1) is 13.8 Å². The number of carbonyl (C=O) groups excluding carboxylic acids is 1. The molecular formula is C19H21N5O2. The van der Waals surface area contributed by atoms with Crippen LogP contribution in [-0.2, 0) is 0 Å². The molecule has 2 heterocycles. The highest BCUT2D eigenvalue weighted by atomic mass is 16.2. The van der Waals surface area contributed by atoms with Crippen LogP contribution in [-0.4, -0.2) is 26.1 Å². The molecule has 0 aliphatic heterocycles. The Morgan fingerprint density at radius 2 is 1.96 bits per heavy atom. The lowest BCUT2D eigenvalue weighted by Crippen LogP contribution is -2.25. The van der Waals surface area contributed by atoms with Crippen molar-refractivity contribution < 1.29 is 4.79 Å². The van der Waals surface area contributed by atoms with Gasteiger partial charge in [0.25, 0.3) is 11.5 Å². The molecule has 2 aromatic heterocycles. The summed E-state index contributed by atoms with van der Waals surface area (Å²) in [5, 5.41) is 9.91. The largest absolute Gasteiger partial charge is 0.326 e. The first-order chi connectivity index (χ1) is 12.3. The van der Waals surface area contributed by atoms with Gasteiger partial charge in [0.2, 0.25) is 0 Å². The van der Waals surface area contributed by atoms with Crippen LogP contribution in [0.15, 0.2) is 35.1 Å². The van der Waals surface area contributed by atoms with Crippen molar-refractivity contribution in [1.82, 2.24) is 20.2 Å². The Morgan fingerprint density at radius 1 is 1.19 bits per heavy atom. The van der Waals surface area contributed by atoms with Crippen LogP contribution in [0.25, 0.3) is 11.4 Å². The third-order valence-electron chi connectivity index (χ3n) is 4.02. The summed E-state index contributed by atoms with van der Waals surface area (Å²) in [5.74, 6) is 1.17. The monoisotopic (exact) mass is 351 g/mol. The standard InChI is InChI=1S/C19H21N5O2/c1-10(2)16-22-17(24-23-16)13-6-5-7-14(9-13)21-19(26)15-11(3)8-12(4)20-18(15)25/h5-10H,1-4H3,(H,20,25)(H,21,26)(H,22,23,24). The van der Waals surface area contributed by atoms with Gasteiger partial charge in [-0.1, -0.05) is 26.0 Å². The molecule has 0 aliphatic carbocycles. The second-order valence-electron chi connectivity index (χ2n) is 6.57. The lowest BCUT2D eigenvalue weighted by molar-refractivity contribution is 0.102. The first kappa shape index (κ1) is 17.6. The highest BCUT2D eigenvalue weighted by Crippen LogP contribution is 2.21. The number of H-pyrrole nitrogens is 2. The Kier molecular flexibility index (Phi) is 4.71. The predicted octanol–water partition coefficient (Wildman–Crippen LogP) is 3.15. The molecule has 0 spiro atoms. The molecule has 0 atom stereocenters. The van der Waals surface area contributed by atoms with Gasteiger partial charge < -0.3 is 10.3 Å². The minimum atomic E-state index is -0.446. The molecule has 7 heteroatoms. The molecule has 0 saturated heterocycles. The Morgan fingerprint density at radius 3 is 2.62 bits per heavy atom. The molecule has 134 valence electrons. The minimum absolute atomic E-state index is 0.112. The Balaban J connectivity index is 1.87. The second-order valence-corrected chi connectivity index (χ2v) is 6.57. The summed E-state index contributed by atoms with van der Waals surface area (Å²) < 4.78 is 0. The maximum Gasteiger partial charge on any atom is 0.261 e. The number of aromatic nitrogens is 4.